The summed E-state index contributed by atoms with van der Waals surface area (Å²) in [6, 6.07) is 2.45. The average Bonchev–Trinajstić information content (AvgIpc) is 2.76. The SMILES string of the molecule is C[C@H]1C(=O)N(C)C[C@H]2CN(Cc3ccc(F)cc3F)C(=O)N21. The molecule has 118 valence electrons. The Hall–Kier alpha value is -2.18. The minimum Gasteiger partial charge on any atom is -0.342 e. The van der Waals surface area contributed by atoms with E-state index in [-0.39, 0.29) is 30.1 Å². The van der Waals surface area contributed by atoms with E-state index in [0.29, 0.717) is 13.1 Å². The zero-order valence-corrected chi connectivity index (χ0v) is 12.4. The van der Waals surface area contributed by atoms with Gasteiger partial charge in [0, 0.05) is 31.8 Å². The number of rotatable bonds is 2. The van der Waals surface area contributed by atoms with Crippen LogP contribution in [0.25, 0.3) is 0 Å². The summed E-state index contributed by atoms with van der Waals surface area (Å²) in [5.74, 6) is -1.41. The lowest BCUT2D eigenvalue weighted by Crippen LogP contribution is -2.58. The van der Waals surface area contributed by atoms with Gasteiger partial charge in [0.05, 0.1) is 12.6 Å². The Bertz CT molecular complexity index is 637. The van der Waals surface area contributed by atoms with E-state index in [2.05, 4.69) is 0 Å². The Morgan fingerprint density at radius 3 is 2.64 bits per heavy atom. The Balaban J connectivity index is 1.80. The van der Waals surface area contributed by atoms with E-state index in [1.54, 1.807) is 23.8 Å². The molecule has 1 aromatic rings. The van der Waals surface area contributed by atoms with Crippen LogP contribution in [-0.2, 0) is 11.3 Å². The second-order valence-corrected chi connectivity index (χ2v) is 5.85. The van der Waals surface area contributed by atoms with Crippen LogP contribution in [0.1, 0.15) is 12.5 Å². The Morgan fingerprint density at radius 2 is 1.95 bits per heavy atom. The number of likely N-dealkylation sites (N-methyl/N-ethyl adjacent to an activating group) is 1. The topological polar surface area (TPSA) is 43.9 Å². The molecule has 0 aromatic heterocycles. The number of urea groups is 1. The van der Waals surface area contributed by atoms with Crippen LogP contribution in [0.4, 0.5) is 13.6 Å². The highest BCUT2D eigenvalue weighted by Crippen LogP contribution is 2.26. The third-order valence-electron chi connectivity index (χ3n) is 4.33. The van der Waals surface area contributed by atoms with E-state index in [9.17, 15) is 18.4 Å². The smallest absolute Gasteiger partial charge is 0.321 e. The molecule has 22 heavy (non-hydrogen) atoms. The minimum atomic E-state index is -0.668. The van der Waals surface area contributed by atoms with Crippen LogP contribution in [0.15, 0.2) is 18.2 Å². The molecule has 2 heterocycles. The van der Waals surface area contributed by atoms with E-state index >= 15 is 0 Å². The molecule has 2 saturated heterocycles. The van der Waals surface area contributed by atoms with Crippen LogP contribution in [0.5, 0.6) is 0 Å². The van der Waals surface area contributed by atoms with Crippen LogP contribution in [-0.4, -0.2) is 58.9 Å². The molecule has 0 spiro atoms. The van der Waals surface area contributed by atoms with E-state index in [4.69, 9.17) is 0 Å². The summed E-state index contributed by atoms with van der Waals surface area (Å²) in [5, 5.41) is 0. The molecule has 0 aliphatic carbocycles. The first-order valence-corrected chi connectivity index (χ1v) is 7.14. The summed E-state index contributed by atoms with van der Waals surface area (Å²) in [6.45, 7) is 2.67. The van der Waals surface area contributed by atoms with Crippen molar-refractivity contribution in [3.8, 4) is 0 Å². The lowest BCUT2D eigenvalue weighted by atomic mass is 10.1. The summed E-state index contributed by atoms with van der Waals surface area (Å²) in [5.41, 5.74) is 0.266. The maximum absolute atomic E-state index is 13.7. The monoisotopic (exact) mass is 309 g/mol. The van der Waals surface area contributed by atoms with Crippen molar-refractivity contribution in [2.75, 3.05) is 20.1 Å². The summed E-state index contributed by atoms with van der Waals surface area (Å²) in [6.07, 6.45) is 0. The van der Waals surface area contributed by atoms with E-state index in [1.807, 2.05) is 0 Å². The molecule has 2 aliphatic rings. The van der Waals surface area contributed by atoms with Gasteiger partial charge in [-0.25, -0.2) is 13.6 Å². The van der Waals surface area contributed by atoms with Crippen LogP contribution >= 0.6 is 0 Å². The lowest BCUT2D eigenvalue weighted by Gasteiger charge is -2.38. The number of nitrogens with zero attached hydrogens (tertiary/aromatic N) is 3. The first-order valence-electron chi connectivity index (χ1n) is 7.14. The van der Waals surface area contributed by atoms with Gasteiger partial charge in [0.1, 0.15) is 17.7 Å². The van der Waals surface area contributed by atoms with Crippen LogP contribution < -0.4 is 0 Å². The average molecular weight is 309 g/mol. The van der Waals surface area contributed by atoms with Crippen LogP contribution in [0, 0.1) is 11.6 Å². The summed E-state index contributed by atoms with van der Waals surface area (Å²) < 4.78 is 26.7. The molecule has 0 N–H and O–H groups in total. The van der Waals surface area contributed by atoms with Gasteiger partial charge in [-0.05, 0) is 13.0 Å². The molecular weight excluding hydrogens is 292 g/mol. The van der Waals surface area contributed by atoms with Crippen molar-refractivity contribution in [3.63, 3.8) is 0 Å². The molecule has 3 amide bonds. The van der Waals surface area contributed by atoms with E-state index in [1.165, 1.54) is 17.0 Å². The number of carbonyl (C=O) groups excluding carboxylic acids is 2. The van der Waals surface area contributed by atoms with Gasteiger partial charge in [-0.2, -0.15) is 0 Å². The standard InChI is InChI=1S/C15H17F2N3O2/c1-9-14(21)18(2)7-12-8-19(15(22)20(9)12)6-10-3-4-11(16)5-13(10)17/h3-5,9,12H,6-8H2,1-2H3/t9-,12-/m0/s1. The number of amides is 3. The van der Waals surface area contributed by atoms with Gasteiger partial charge in [0.15, 0.2) is 0 Å². The predicted octanol–water partition coefficient (Wildman–Crippen LogP) is 1.43. The normalized spacial score (nSPS) is 25.0. The van der Waals surface area contributed by atoms with Crippen molar-refractivity contribution in [1.82, 2.24) is 14.7 Å². The molecule has 0 unspecified atom stereocenters. The molecular formula is C15H17F2N3O2. The Kier molecular flexibility index (Phi) is 3.50. The van der Waals surface area contributed by atoms with Crippen molar-refractivity contribution in [3.05, 3.63) is 35.4 Å². The minimum absolute atomic E-state index is 0.0720. The number of fused-ring (bicyclic) bond motifs is 1. The molecule has 2 atom stereocenters. The van der Waals surface area contributed by atoms with Gasteiger partial charge < -0.3 is 14.7 Å². The van der Waals surface area contributed by atoms with Crippen molar-refractivity contribution in [2.24, 2.45) is 0 Å². The molecule has 1 aromatic carbocycles. The highest BCUT2D eigenvalue weighted by Gasteiger charge is 2.46. The van der Waals surface area contributed by atoms with Gasteiger partial charge in [-0.15, -0.1) is 0 Å². The number of halogens is 2. The van der Waals surface area contributed by atoms with Gasteiger partial charge in [-0.1, -0.05) is 6.07 Å². The fourth-order valence-corrected chi connectivity index (χ4v) is 3.20. The lowest BCUT2D eigenvalue weighted by molar-refractivity contribution is -0.139. The molecule has 2 aliphatic heterocycles. The summed E-state index contributed by atoms with van der Waals surface area (Å²) in [4.78, 5) is 29.1. The van der Waals surface area contributed by atoms with Crippen LogP contribution in [0.2, 0.25) is 0 Å². The first-order chi connectivity index (χ1) is 10.4. The highest BCUT2D eigenvalue weighted by atomic mass is 19.1. The van der Waals surface area contributed by atoms with E-state index in [0.717, 1.165) is 6.07 Å². The summed E-state index contributed by atoms with van der Waals surface area (Å²) in [7, 11) is 1.71. The predicted molar refractivity (Wildman–Crippen MR) is 74.9 cm³/mol. The first kappa shape index (κ1) is 14.7. The molecule has 3 rings (SSSR count). The number of benzene rings is 1. The van der Waals surface area contributed by atoms with Gasteiger partial charge in [0.25, 0.3) is 0 Å². The number of carbonyl (C=O) groups is 2. The highest BCUT2D eigenvalue weighted by molar-refractivity contribution is 5.89. The maximum atomic E-state index is 13.7. The largest absolute Gasteiger partial charge is 0.342 e. The zero-order valence-electron chi connectivity index (χ0n) is 12.4. The van der Waals surface area contributed by atoms with Crippen molar-refractivity contribution >= 4 is 11.9 Å². The molecule has 0 bridgehead atoms. The van der Waals surface area contributed by atoms with Gasteiger partial charge in [0.2, 0.25) is 5.91 Å². The third kappa shape index (κ3) is 2.30. The molecule has 5 nitrogen and oxygen atoms in total. The van der Waals surface area contributed by atoms with Crippen molar-refractivity contribution in [1.29, 1.82) is 0 Å². The zero-order chi connectivity index (χ0) is 16.0. The molecule has 0 saturated carbocycles. The molecule has 0 radical (unpaired) electrons. The number of piperazine rings is 1. The second-order valence-electron chi connectivity index (χ2n) is 5.85. The second kappa shape index (κ2) is 5.23. The third-order valence-corrected chi connectivity index (χ3v) is 4.33. The van der Waals surface area contributed by atoms with Crippen molar-refractivity contribution < 1.29 is 18.4 Å². The van der Waals surface area contributed by atoms with Gasteiger partial charge >= 0.3 is 6.03 Å². The molecule has 2 fully saturated rings. The number of hydrogen-bond acceptors (Lipinski definition) is 2. The quantitative estimate of drug-likeness (QED) is 0.829. The Labute approximate surface area is 127 Å². The molecule has 7 heteroatoms. The summed E-state index contributed by atoms with van der Waals surface area (Å²) >= 11 is 0. The van der Waals surface area contributed by atoms with Crippen molar-refractivity contribution in [2.45, 2.75) is 25.6 Å². The Morgan fingerprint density at radius 1 is 1.23 bits per heavy atom. The fourth-order valence-electron chi connectivity index (χ4n) is 3.20. The number of hydrogen-bond donors (Lipinski definition) is 0. The van der Waals surface area contributed by atoms with Gasteiger partial charge in [-0.3, -0.25) is 4.79 Å². The van der Waals surface area contributed by atoms with Crippen LogP contribution in [0.3, 0.4) is 0 Å². The fraction of sp³-hybridized carbons (Fsp3) is 0.467. The van der Waals surface area contributed by atoms with E-state index < -0.39 is 17.7 Å². The maximum Gasteiger partial charge on any atom is 0.321 e.